The maximum absolute atomic E-state index is 8.79. The summed E-state index contributed by atoms with van der Waals surface area (Å²) in [5.41, 5.74) is 1.98. The largest absolute Gasteiger partial charge is 0.475 e. The first-order valence-electron chi connectivity index (χ1n) is 4.76. The Bertz CT molecular complexity index is 321. The van der Waals surface area contributed by atoms with E-state index >= 15 is 0 Å². The van der Waals surface area contributed by atoms with Crippen molar-refractivity contribution in [2.24, 2.45) is 5.16 Å². The van der Waals surface area contributed by atoms with E-state index in [1.54, 1.807) is 0 Å². The van der Waals surface area contributed by atoms with Gasteiger partial charge >= 0.3 is 0 Å². The summed E-state index contributed by atoms with van der Waals surface area (Å²) in [5.74, 6) is 0.296. The molecule has 0 bridgehead atoms. The Morgan fingerprint density at radius 3 is 2.64 bits per heavy atom. The highest BCUT2D eigenvalue weighted by Crippen LogP contribution is 2.11. The zero-order chi connectivity index (χ0) is 10.4. The third-order valence-corrected chi connectivity index (χ3v) is 2.00. The third-order valence-electron chi connectivity index (χ3n) is 2.00. The van der Waals surface area contributed by atoms with Crippen molar-refractivity contribution < 1.29 is 9.94 Å². The summed E-state index contributed by atoms with van der Waals surface area (Å²) in [6.07, 6.45) is 0.891. The highest BCUT2D eigenvalue weighted by atomic mass is 16.5. The van der Waals surface area contributed by atoms with Crippen LogP contribution in [-0.4, -0.2) is 17.7 Å². The zero-order valence-electron chi connectivity index (χ0n) is 8.53. The lowest BCUT2D eigenvalue weighted by atomic mass is 10.1. The number of aryl methyl sites for hydroxylation is 1. The fraction of sp³-hybridized carbons (Fsp3) is 0.364. The fourth-order valence-corrected chi connectivity index (χ4v) is 1.33. The summed E-state index contributed by atoms with van der Waals surface area (Å²) < 4.78 is 5.22. The van der Waals surface area contributed by atoms with Gasteiger partial charge in [-0.1, -0.05) is 25.1 Å². The summed E-state index contributed by atoms with van der Waals surface area (Å²) in [7, 11) is 0. The summed E-state index contributed by atoms with van der Waals surface area (Å²) in [6, 6.07) is 7.76. The lowest BCUT2D eigenvalue weighted by molar-refractivity contribution is 0.266. The van der Waals surface area contributed by atoms with E-state index in [1.165, 1.54) is 0 Å². The van der Waals surface area contributed by atoms with E-state index in [0.717, 1.165) is 17.5 Å². The molecule has 0 aliphatic carbocycles. The Balaban J connectivity index is 3.03. The molecular weight excluding hydrogens is 178 g/mol. The van der Waals surface area contributed by atoms with Crippen molar-refractivity contribution in [2.75, 3.05) is 6.61 Å². The van der Waals surface area contributed by atoms with Gasteiger partial charge in [-0.3, -0.25) is 0 Å². The van der Waals surface area contributed by atoms with E-state index in [2.05, 4.69) is 12.1 Å². The topological polar surface area (TPSA) is 41.8 Å². The van der Waals surface area contributed by atoms with Crippen molar-refractivity contribution in [1.29, 1.82) is 0 Å². The van der Waals surface area contributed by atoms with Gasteiger partial charge in [-0.2, -0.15) is 0 Å². The van der Waals surface area contributed by atoms with Crippen molar-refractivity contribution in [1.82, 2.24) is 0 Å². The molecule has 76 valence electrons. The summed E-state index contributed by atoms with van der Waals surface area (Å²) in [6.45, 7) is 4.41. The molecule has 14 heavy (non-hydrogen) atoms. The van der Waals surface area contributed by atoms with Gasteiger partial charge < -0.3 is 9.94 Å². The highest BCUT2D eigenvalue weighted by Gasteiger charge is 2.08. The monoisotopic (exact) mass is 193 g/mol. The molecule has 0 radical (unpaired) electrons. The SMILES string of the molecule is CCOC(=NO)c1ccccc1CC. The second-order valence-corrected chi connectivity index (χ2v) is 2.85. The molecular formula is C11H15NO2. The number of rotatable bonds is 3. The molecule has 3 nitrogen and oxygen atoms in total. The number of hydrogen-bond donors (Lipinski definition) is 1. The van der Waals surface area contributed by atoms with Crippen LogP contribution in [-0.2, 0) is 11.2 Å². The minimum Gasteiger partial charge on any atom is -0.475 e. The van der Waals surface area contributed by atoms with Gasteiger partial charge in [-0.05, 0) is 30.1 Å². The second-order valence-electron chi connectivity index (χ2n) is 2.85. The van der Waals surface area contributed by atoms with Crippen LogP contribution in [0.2, 0.25) is 0 Å². The van der Waals surface area contributed by atoms with E-state index in [9.17, 15) is 0 Å². The van der Waals surface area contributed by atoms with Crippen LogP contribution in [0.1, 0.15) is 25.0 Å². The first-order valence-corrected chi connectivity index (χ1v) is 4.76. The predicted octanol–water partition coefficient (Wildman–Crippen LogP) is 2.42. The molecule has 0 fully saturated rings. The number of ether oxygens (including phenoxy) is 1. The zero-order valence-corrected chi connectivity index (χ0v) is 8.53. The lowest BCUT2D eigenvalue weighted by Crippen LogP contribution is -2.09. The lowest BCUT2D eigenvalue weighted by Gasteiger charge is -2.08. The Labute approximate surface area is 84.0 Å². The minimum absolute atomic E-state index is 0.296. The third kappa shape index (κ3) is 2.25. The van der Waals surface area contributed by atoms with Gasteiger partial charge in [-0.15, -0.1) is 0 Å². The number of benzene rings is 1. The van der Waals surface area contributed by atoms with Crippen LogP contribution in [0, 0.1) is 0 Å². The normalized spacial score (nSPS) is 11.4. The maximum Gasteiger partial charge on any atom is 0.257 e. The van der Waals surface area contributed by atoms with Gasteiger partial charge in [0.25, 0.3) is 5.90 Å². The molecule has 0 spiro atoms. The molecule has 0 aliphatic heterocycles. The summed E-state index contributed by atoms with van der Waals surface area (Å²) in [5, 5.41) is 11.9. The van der Waals surface area contributed by atoms with Crippen LogP contribution >= 0.6 is 0 Å². The molecule has 1 aromatic carbocycles. The number of oxime groups is 1. The summed E-state index contributed by atoms with van der Waals surface area (Å²) >= 11 is 0. The number of hydrogen-bond acceptors (Lipinski definition) is 3. The van der Waals surface area contributed by atoms with Crippen molar-refractivity contribution in [3.05, 3.63) is 35.4 Å². The second kappa shape index (κ2) is 5.27. The standard InChI is InChI=1S/C11H15NO2/c1-3-9-7-5-6-8-10(9)11(12-13)14-4-2/h5-8,13H,3-4H2,1-2H3. The minimum atomic E-state index is 0.296. The van der Waals surface area contributed by atoms with Crippen molar-refractivity contribution in [3.63, 3.8) is 0 Å². The van der Waals surface area contributed by atoms with E-state index in [1.807, 2.05) is 31.2 Å². The first kappa shape index (κ1) is 10.6. The molecule has 0 atom stereocenters. The molecule has 3 heteroatoms. The molecule has 1 N–H and O–H groups in total. The smallest absolute Gasteiger partial charge is 0.257 e. The molecule has 0 heterocycles. The van der Waals surface area contributed by atoms with Crippen molar-refractivity contribution >= 4 is 5.90 Å². The van der Waals surface area contributed by atoms with Gasteiger partial charge in [-0.25, -0.2) is 0 Å². The number of nitrogens with zero attached hydrogens (tertiary/aromatic N) is 1. The van der Waals surface area contributed by atoms with Crippen LogP contribution in [0.5, 0.6) is 0 Å². The molecule has 0 saturated carbocycles. The van der Waals surface area contributed by atoms with E-state index < -0.39 is 0 Å². The molecule has 0 saturated heterocycles. The molecule has 0 unspecified atom stereocenters. The maximum atomic E-state index is 8.79. The van der Waals surface area contributed by atoms with E-state index in [-0.39, 0.29) is 0 Å². The summed E-state index contributed by atoms with van der Waals surface area (Å²) in [4.78, 5) is 0. The molecule has 1 aromatic rings. The Kier molecular flexibility index (Phi) is 3.98. The van der Waals surface area contributed by atoms with Crippen LogP contribution in [0.15, 0.2) is 29.4 Å². The van der Waals surface area contributed by atoms with E-state index in [4.69, 9.17) is 9.94 Å². The average molecular weight is 193 g/mol. The molecule has 0 amide bonds. The Morgan fingerprint density at radius 1 is 1.36 bits per heavy atom. The average Bonchev–Trinajstić information content (AvgIpc) is 2.26. The van der Waals surface area contributed by atoms with Gasteiger partial charge in [0.2, 0.25) is 0 Å². The quantitative estimate of drug-likeness (QED) is 0.346. The van der Waals surface area contributed by atoms with Crippen LogP contribution in [0.3, 0.4) is 0 Å². The highest BCUT2D eigenvalue weighted by molar-refractivity contribution is 5.95. The van der Waals surface area contributed by atoms with E-state index in [0.29, 0.717) is 12.5 Å². The molecule has 0 aromatic heterocycles. The van der Waals surface area contributed by atoms with Crippen molar-refractivity contribution in [3.8, 4) is 0 Å². The first-order chi connectivity index (χ1) is 6.83. The van der Waals surface area contributed by atoms with Crippen LogP contribution in [0.25, 0.3) is 0 Å². The fourth-order valence-electron chi connectivity index (χ4n) is 1.33. The Morgan fingerprint density at radius 2 is 2.07 bits per heavy atom. The van der Waals surface area contributed by atoms with Crippen LogP contribution in [0.4, 0.5) is 0 Å². The van der Waals surface area contributed by atoms with Crippen molar-refractivity contribution in [2.45, 2.75) is 20.3 Å². The molecule has 1 rings (SSSR count). The van der Waals surface area contributed by atoms with Gasteiger partial charge in [0.1, 0.15) is 0 Å². The van der Waals surface area contributed by atoms with Gasteiger partial charge in [0, 0.05) is 5.56 Å². The molecule has 0 aliphatic rings. The predicted molar refractivity (Wildman–Crippen MR) is 55.8 cm³/mol. The van der Waals surface area contributed by atoms with Gasteiger partial charge in [0.15, 0.2) is 0 Å². The van der Waals surface area contributed by atoms with Gasteiger partial charge in [0.05, 0.1) is 6.61 Å². The Hall–Kier alpha value is -1.51. The van der Waals surface area contributed by atoms with Crippen LogP contribution < -0.4 is 0 Å².